The quantitative estimate of drug-likeness (QED) is 0.767. The Bertz CT molecular complexity index is 916. The van der Waals surface area contributed by atoms with Gasteiger partial charge in [-0.1, -0.05) is 23.7 Å². The number of benzene rings is 2. The fourth-order valence-electron chi connectivity index (χ4n) is 3.57. The minimum absolute atomic E-state index is 0.138. The van der Waals surface area contributed by atoms with Crippen LogP contribution < -0.4 is 4.74 Å². The summed E-state index contributed by atoms with van der Waals surface area (Å²) in [6.07, 6.45) is 2.70. The third-order valence-electron chi connectivity index (χ3n) is 5.22. The lowest BCUT2D eigenvalue weighted by atomic mass is 9.91. The molecule has 3 rings (SSSR count). The molecular formula is C21H26ClNO4S. The second-order valence-corrected chi connectivity index (χ2v) is 10.0. The number of hydrogen-bond acceptors (Lipinski definition) is 5. The Balaban J connectivity index is 1.63. The standard InChI is InChI=1S/C21H26ClNO4S/c1-16(17-5-3-6-18(22)13-17)23-12-4-11-21(24,14-23)15-27-19-7-9-20(10-8-19)28(2,25)26/h3,5-10,13,16,24H,4,11-12,14-15H2,1-2H3. The molecule has 1 heterocycles. The van der Waals surface area contributed by atoms with E-state index in [1.807, 2.05) is 24.3 Å². The van der Waals surface area contributed by atoms with Gasteiger partial charge in [0.2, 0.25) is 0 Å². The first-order chi connectivity index (χ1) is 13.2. The molecule has 0 aliphatic carbocycles. The molecule has 7 heteroatoms. The van der Waals surface area contributed by atoms with E-state index in [0.29, 0.717) is 23.7 Å². The summed E-state index contributed by atoms with van der Waals surface area (Å²) in [5, 5.41) is 11.8. The summed E-state index contributed by atoms with van der Waals surface area (Å²) in [7, 11) is -3.23. The Kier molecular flexibility index (Phi) is 6.34. The Labute approximate surface area is 171 Å². The second kappa shape index (κ2) is 8.41. The van der Waals surface area contributed by atoms with Crippen LogP contribution >= 0.6 is 11.6 Å². The van der Waals surface area contributed by atoms with Gasteiger partial charge in [-0.2, -0.15) is 0 Å². The molecule has 0 bridgehead atoms. The molecule has 0 spiro atoms. The number of aliphatic hydroxyl groups is 1. The average molecular weight is 424 g/mol. The molecule has 5 nitrogen and oxygen atoms in total. The van der Waals surface area contributed by atoms with E-state index in [1.54, 1.807) is 12.1 Å². The van der Waals surface area contributed by atoms with Crippen molar-refractivity contribution < 1.29 is 18.3 Å². The van der Waals surface area contributed by atoms with Crippen molar-refractivity contribution in [3.05, 3.63) is 59.1 Å². The fourth-order valence-corrected chi connectivity index (χ4v) is 4.40. The monoisotopic (exact) mass is 423 g/mol. The van der Waals surface area contributed by atoms with Gasteiger partial charge in [0.15, 0.2) is 9.84 Å². The van der Waals surface area contributed by atoms with Crippen molar-refractivity contribution in [2.45, 2.75) is 36.3 Å². The van der Waals surface area contributed by atoms with E-state index in [0.717, 1.165) is 18.5 Å². The van der Waals surface area contributed by atoms with Crippen molar-refractivity contribution in [3.8, 4) is 5.75 Å². The molecule has 152 valence electrons. The summed E-state index contributed by atoms with van der Waals surface area (Å²) >= 11 is 6.12. The van der Waals surface area contributed by atoms with Crippen molar-refractivity contribution >= 4 is 21.4 Å². The molecule has 2 aromatic carbocycles. The Morgan fingerprint density at radius 3 is 2.61 bits per heavy atom. The molecule has 0 saturated carbocycles. The van der Waals surface area contributed by atoms with Crippen molar-refractivity contribution in [2.24, 2.45) is 0 Å². The summed E-state index contributed by atoms with van der Waals surface area (Å²) in [4.78, 5) is 2.49. The number of sulfone groups is 1. The maximum atomic E-state index is 11.5. The molecule has 1 N–H and O–H groups in total. The lowest BCUT2D eigenvalue weighted by Gasteiger charge is -2.41. The molecule has 0 aromatic heterocycles. The van der Waals surface area contributed by atoms with E-state index in [4.69, 9.17) is 16.3 Å². The van der Waals surface area contributed by atoms with Gasteiger partial charge in [-0.05, 0) is 68.3 Å². The van der Waals surface area contributed by atoms with E-state index < -0.39 is 15.4 Å². The maximum absolute atomic E-state index is 11.5. The molecule has 0 amide bonds. The molecule has 1 aliphatic heterocycles. The lowest BCUT2D eigenvalue weighted by molar-refractivity contribution is -0.0689. The van der Waals surface area contributed by atoms with E-state index in [1.165, 1.54) is 18.4 Å². The van der Waals surface area contributed by atoms with E-state index in [9.17, 15) is 13.5 Å². The van der Waals surface area contributed by atoms with Gasteiger partial charge in [0.25, 0.3) is 0 Å². The van der Waals surface area contributed by atoms with Gasteiger partial charge in [-0.3, -0.25) is 4.90 Å². The number of likely N-dealkylation sites (tertiary alicyclic amines) is 1. The smallest absolute Gasteiger partial charge is 0.175 e. The van der Waals surface area contributed by atoms with Crippen LogP contribution in [-0.4, -0.2) is 50.0 Å². The number of ether oxygens (including phenoxy) is 1. The van der Waals surface area contributed by atoms with Gasteiger partial charge in [-0.25, -0.2) is 8.42 Å². The lowest BCUT2D eigenvalue weighted by Crippen LogP contribution is -2.52. The molecule has 2 unspecified atom stereocenters. The maximum Gasteiger partial charge on any atom is 0.175 e. The van der Waals surface area contributed by atoms with Gasteiger partial charge < -0.3 is 9.84 Å². The first kappa shape index (κ1) is 21.1. The van der Waals surface area contributed by atoms with Crippen molar-refractivity contribution in [3.63, 3.8) is 0 Å². The summed E-state index contributed by atoms with van der Waals surface area (Å²) in [6, 6.07) is 14.2. The highest BCUT2D eigenvalue weighted by molar-refractivity contribution is 7.90. The zero-order valence-electron chi connectivity index (χ0n) is 16.1. The van der Waals surface area contributed by atoms with Gasteiger partial charge in [0.05, 0.1) is 4.90 Å². The summed E-state index contributed by atoms with van der Waals surface area (Å²) in [5.74, 6) is 0.542. The highest BCUT2D eigenvalue weighted by atomic mass is 35.5. The topological polar surface area (TPSA) is 66.8 Å². The highest BCUT2D eigenvalue weighted by Crippen LogP contribution is 2.30. The van der Waals surface area contributed by atoms with Crippen molar-refractivity contribution in [1.29, 1.82) is 0 Å². The molecule has 1 aliphatic rings. The largest absolute Gasteiger partial charge is 0.491 e. The molecule has 2 atom stereocenters. The summed E-state index contributed by atoms with van der Waals surface area (Å²) in [6.45, 7) is 3.67. The van der Waals surface area contributed by atoms with E-state index in [2.05, 4.69) is 11.8 Å². The van der Waals surface area contributed by atoms with Gasteiger partial charge in [0.1, 0.15) is 18.0 Å². The zero-order valence-corrected chi connectivity index (χ0v) is 17.7. The Hall–Kier alpha value is -1.60. The number of β-amino-alcohol motifs (C(OH)–C–C–N with tert-alkyl or cyclic N) is 1. The molecule has 1 fully saturated rings. The number of nitrogens with zero attached hydrogens (tertiary/aromatic N) is 1. The van der Waals surface area contributed by atoms with Crippen LogP contribution in [0.3, 0.4) is 0 Å². The number of rotatable bonds is 6. The Morgan fingerprint density at radius 2 is 1.96 bits per heavy atom. The first-order valence-electron chi connectivity index (χ1n) is 9.31. The predicted octanol–water partition coefficient (Wildman–Crippen LogP) is 3.71. The third kappa shape index (κ3) is 5.26. The van der Waals surface area contributed by atoms with Crippen molar-refractivity contribution in [1.82, 2.24) is 4.90 Å². The SMILES string of the molecule is CC(c1cccc(Cl)c1)N1CCCC(O)(COc2ccc(S(C)(=O)=O)cc2)C1. The van der Waals surface area contributed by atoms with Gasteiger partial charge >= 0.3 is 0 Å². The molecule has 2 aromatic rings. The molecular weight excluding hydrogens is 398 g/mol. The van der Waals surface area contributed by atoms with Gasteiger partial charge in [0, 0.05) is 23.9 Å². The first-order valence-corrected chi connectivity index (χ1v) is 11.6. The number of hydrogen-bond donors (Lipinski definition) is 1. The molecule has 0 radical (unpaired) electrons. The van der Waals surface area contributed by atoms with Crippen molar-refractivity contribution in [2.75, 3.05) is 26.0 Å². The summed E-state index contributed by atoms with van der Waals surface area (Å²) < 4.78 is 28.9. The fraction of sp³-hybridized carbons (Fsp3) is 0.429. The predicted molar refractivity (Wildman–Crippen MR) is 111 cm³/mol. The Morgan fingerprint density at radius 1 is 1.25 bits per heavy atom. The zero-order chi connectivity index (χ0) is 20.4. The van der Waals surface area contributed by atoms with E-state index >= 15 is 0 Å². The van der Waals surface area contributed by atoms with Crippen LogP contribution in [-0.2, 0) is 9.84 Å². The molecule has 1 saturated heterocycles. The van der Waals surface area contributed by atoms with Gasteiger partial charge in [-0.15, -0.1) is 0 Å². The number of piperidine rings is 1. The normalized spacial score (nSPS) is 22.0. The van der Waals surface area contributed by atoms with E-state index in [-0.39, 0.29) is 17.5 Å². The highest BCUT2D eigenvalue weighted by Gasteiger charge is 2.36. The summed E-state index contributed by atoms with van der Waals surface area (Å²) in [5.41, 5.74) is 0.162. The third-order valence-corrected chi connectivity index (χ3v) is 6.59. The number of halogens is 1. The minimum Gasteiger partial charge on any atom is -0.491 e. The van der Waals surface area contributed by atoms with Crippen LogP contribution in [0.5, 0.6) is 5.75 Å². The molecule has 28 heavy (non-hydrogen) atoms. The van der Waals surface area contributed by atoms with Crippen LogP contribution in [0.4, 0.5) is 0 Å². The van der Waals surface area contributed by atoms with Crippen LogP contribution in [0.1, 0.15) is 31.4 Å². The minimum atomic E-state index is -3.23. The second-order valence-electron chi connectivity index (χ2n) is 7.56. The van der Waals surface area contributed by atoms with Crippen LogP contribution in [0.15, 0.2) is 53.4 Å². The average Bonchev–Trinajstić information content (AvgIpc) is 2.65. The van der Waals surface area contributed by atoms with Crippen LogP contribution in [0.25, 0.3) is 0 Å². The van der Waals surface area contributed by atoms with Crippen LogP contribution in [0, 0.1) is 0 Å². The van der Waals surface area contributed by atoms with Crippen LogP contribution in [0.2, 0.25) is 5.02 Å².